The van der Waals surface area contributed by atoms with Gasteiger partial charge in [-0.2, -0.15) is 5.10 Å². The Morgan fingerprint density at radius 3 is 2.94 bits per heavy atom. The molecule has 0 saturated carbocycles. The predicted octanol–water partition coefficient (Wildman–Crippen LogP) is 1.87. The van der Waals surface area contributed by atoms with Gasteiger partial charge in [-0.15, -0.1) is 0 Å². The van der Waals surface area contributed by atoms with Crippen molar-refractivity contribution in [3.8, 4) is 5.69 Å². The molecule has 0 saturated heterocycles. The molecule has 6 heteroatoms. The second-order valence-corrected chi connectivity index (χ2v) is 3.76. The lowest BCUT2D eigenvalue weighted by molar-refractivity contribution is 0.269. The van der Waals surface area contributed by atoms with Crippen LogP contribution in [0.4, 0.5) is 4.39 Å². The first-order valence-electron chi connectivity index (χ1n) is 4.67. The molecular formula is C10H10FN3OS. The van der Waals surface area contributed by atoms with Crippen molar-refractivity contribution in [2.24, 2.45) is 0 Å². The lowest BCUT2D eigenvalue weighted by atomic mass is 10.2. The van der Waals surface area contributed by atoms with Crippen molar-refractivity contribution >= 4 is 12.2 Å². The van der Waals surface area contributed by atoms with Crippen molar-refractivity contribution in [3.05, 3.63) is 40.2 Å². The first kappa shape index (κ1) is 11.0. The monoisotopic (exact) mass is 239 g/mol. The third kappa shape index (κ3) is 1.77. The Morgan fingerprint density at radius 1 is 1.56 bits per heavy atom. The molecule has 1 aromatic carbocycles. The van der Waals surface area contributed by atoms with Crippen LogP contribution in [0, 0.1) is 17.5 Å². The van der Waals surface area contributed by atoms with Gasteiger partial charge < -0.3 is 5.11 Å². The van der Waals surface area contributed by atoms with E-state index in [9.17, 15) is 4.39 Å². The van der Waals surface area contributed by atoms with Crippen molar-refractivity contribution in [2.45, 2.75) is 13.5 Å². The number of nitrogens with one attached hydrogen (secondary N) is 1. The lowest BCUT2D eigenvalue weighted by Crippen LogP contribution is -2.02. The van der Waals surface area contributed by atoms with Crippen molar-refractivity contribution < 1.29 is 9.50 Å². The number of hydrogen-bond donors (Lipinski definition) is 2. The van der Waals surface area contributed by atoms with E-state index in [1.807, 2.05) is 0 Å². The third-order valence-corrected chi connectivity index (χ3v) is 2.56. The summed E-state index contributed by atoms with van der Waals surface area (Å²) < 4.78 is 15.1. The summed E-state index contributed by atoms with van der Waals surface area (Å²) in [5, 5.41) is 15.5. The Bertz CT molecular complexity index is 576. The Kier molecular flexibility index (Phi) is 2.84. The second kappa shape index (κ2) is 4.15. The Hall–Kier alpha value is -1.53. The molecule has 0 spiro atoms. The molecule has 0 radical (unpaired) electrons. The Morgan fingerprint density at radius 2 is 2.31 bits per heavy atom. The number of aliphatic hydroxyl groups excluding tert-OH is 1. The van der Waals surface area contributed by atoms with Gasteiger partial charge in [-0.1, -0.05) is 0 Å². The van der Waals surface area contributed by atoms with Crippen LogP contribution < -0.4 is 0 Å². The third-order valence-electron chi connectivity index (χ3n) is 2.28. The number of aliphatic hydroxyl groups is 1. The fourth-order valence-corrected chi connectivity index (χ4v) is 1.73. The van der Waals surface area contributed by atoms with Crippen LogP contribution in [0.25, 0.3) is 5.69 Å². The number of hydrogen-bond acceptors (Lipinski definition) is 3. The zero-order valence-electron chi connectivity index (χ0n) is 8.57. The molecule has 2 N–H and O–H groups in total. The van der Waals surface area contributed by atoms with E-state index in [4.69, 9.17) is 17.3 Å². The lowest BCUT2D eigenvalue weighted by Gasteiger charge is -2.06. The van der Waals surface area contributed by atoms with Gasteiger partial charge in [-0.25, -0.2) is 4.39 Å². The Balaban J connectivity index is 2.62. The van der Waals surface area contributed by atoms with Gasteiger partial charge in [0.05, 0.1) is 5.69 Å². The largest absolute Gasteiger partial charge is 0.388 e. The van der Waals surface area contributed by atoms with E-state index in [2.05, 4.69) is 10.2 Å². The molecule has 0 aliphatic rings. The summed E-state index contributed by atoms with van der Waals surface area (Å²) in [6.07, 6.45) is 0. The standard InChI is InChI=1S/C10H10FN3OS/c1-6-4-7(2-3-8(6)11)14-9(5-15)12-13-10(14)16/h2-4,15H,5H2,1H3,(H,13,16). The maximum Gasteiger partial charge on any atom is 0.199 e. The maximum atomic E-state index is 13.1. The molecule has 2 rings (SSSR count). The number of benzene rings is 1. The van der Waals surface area contributed by atoms with Gasteiger partial charge in [0.1, 0.15) is 12.4 Å². The molecule has 84 valence electrons. The number of aryl methyl sites for hydroxylation is 1. The summed E-state index contributed by atoms with van der Waals surface area (Å²) in [6.45, 7) is 1.44. The molecule has 0 unspecified atom stereocenters. The highest BCUT2D eigenvalue weighted by Crippen LogP contribution is 2.15. The highest BCUT2D eigenvalue weighted by atomic mass is 32.1. The minimum absolute atomic E-state index is 0.233. The molecule has 1 heterocycles. The molecule has 0 aliphatic heterocycles. The van der Waals surface area contributed by atoms with E-state index >= 15 is 0 Å². The summed E-state index contributed by atoms with van der Waals surface area (Å²) in [5.41, 5.74) is 1.20. The summed E-state index contributed by atoms with van der Waals surface area (Å²) in [6, 6.07) is 4.60. The number of halogens is 1. The van der Waals surface area contributed by atoms with Gasteiger partial charge in [-0.05, 0) is 42.9 Å². The number of aromatic nitrogens is 3. The topological polar surface area (TPSA) is 53.8 Å². The van der Waals surface area contributed by atoms with Crippen molar-refractivity contribution in [1.29, 1.82) is 0 Å². The minimum Gasteiger partial charge on any atom is -0.388 e. The van der Waals surface area contributed by atoms with Crippen LogP contribution in [0.3, 0.4) is 0 Å². The van der Waals surface area contributed by atoms with Crippen LogP contribution in [-0.2, 0) is 6.61 Å². The highest BCUT2D eigenvalue weighted by Gasteiger charge is 2.08. The van der Waals surface area contributed by atoms with Crippen LogP contribution in [-0.4, -0.2) is 19.9 Å². The minimum atomic E-state index is -0.274. The number of rotatable bonds is 2. The van der Waals surface area contributed by atoms with E-state index in [-0.39, 0.29) is 12.4 Å². The molecule has 0 amide bonds. The summed E-state index contributed by atoms with van der Waals surface area (Å²) in [7, 11) is 0. The van der Waals surface area contributed by atoms with E-state index in [1.54, 1.807) is 23.6 Å². The molecule has 16 heavy (non-hydrogen) atoms. The van der Waals surface area contributed by atoms with Crippen LogP contribution >= 0.6 is 12.2 Å². The molecule has 4 nitrogen and oxygen atoms in total. The summed E-state index contributed by atoms with van der Waals surface area (Å²) in [4.78, 5) is 0. The Labute approximate surface area is 96.4 Å². The van der Waals surface area contributed by atoms with E-state index in [1.165, 1.54) is 6.07 Å². The highest BCUT2D eigenvalue weighted by molar-refractivity contribution is 7.71. The number of H-pyrrole nitrogens is 1. The fraction of sp³-hybridized carbons (Fsp3) is 0.200. The van der Waals surface area contributed by atoms with Crippen molar-refractivity contribution in [3.63, 3.8) is 0 Å². The van der Waals surface area contributed by atoms with Crippen LogP contribution in [0.5, 0.6) is 0 Å². The molecule has 0 fully saturated rings. The smallest absolute Gasteiger partial charge is 0.199 e. The normalized spacial score (nSPS) is 10.7. The van der Waals surface area contributed by atoms with Crippen LogP contribution in [0.1, 0.15) is 11.4 Å². The first-order valence-corrected chi connectivity index (χ1v) is 5.08. The number of nitrogens with zero attached hydrogens (tertiary/aromatic N) is 2. The summed E-state index contributed by atoms with van der Waals surface area (Å²) >= 11 is 5.04. The molecule has 0 aliphatic carbocycles. The van der Waals surface area contributed by atoms with Crippen molar-refractivity contribution in [2.75, 3.05) is 0 Å². The first-order chi connectivity index (χ1) is 7.63. The van der Waals surface area contributed by atoms with Gasteiger partial charge in [0, 0.05) is 0 Å². The molecule has 2 aromatic rings. The van der Waals surface area contributed by atoms with E-state index in [0.717, 1.165) is 0 Å². The quantitative estimate of drug-likeness (QED) is 0.787. The average Bonchev–Trinajstić information content (AvgIpc) is 2.64. The fourth-order valence-electron chi connectivity index (χ4n) is 1.47. The second-order valence-electron chi connectivity index (χ2n) is 3.37. The van der Waals surface area contributed by atoms with E-state index < -0.39 is 0 Å². The van der Waals surface area contributed by atoms with Crippen LogP contribution in [0.15, 0.2) is 18.2 Å². The van der Waals surface area contributed by atoms with Crippen molar-refractivity contribution in [1.82, 2.24) is 14.8 Å². The van der Waals surface area contributed by atoms with Gasteiger partial charge >= 0.3 is 0 Å². The van der Waals surface area contributed by atoms with Gasteiger partial charge in [0.25, 0.3) is 0 Å². The zero-order chi connectivity index (χ0) is 11.7. The van der Waals surface area contributed by atoms with Gasteiger partial charge in [0.2, 0.25) is 0 Å². The van der Waals surface area contributed by atoms with Crippen LogP contribution in [0.2, 0.25) is 0 Å². The predicted molar refractivity (Wildman–Crippen MR) is 59.4 cm³/mol. The SMILES string of the molecule is Cc1cc(-n2c(CO)n[nH]c2=S)ccc1F. The molecular weight excluding hydrogens is 229 g/mol. The molecule has 0 atom stereocenters. The van der Waals surface area contributed by atoms with E-state index in [0.29, 0.717) is 21.8 Å². The zero-order valence-corrected chi connectivity index (χ0v) is 9.38. The molecule has 1 aromatic heterocycles. The van der Waals surface area contributed by atoms with Gasteiger partial charge in [0.15, 0.2) is 10.6 Å². The van der Waals surface area contributed by atoms with Gasteiger partial charge in [-0.3, -0.25) is 9.67 Å². The number of aromatic amines is 1. The maximum absolute atomic E-state index is 13.1. The summed E-state index contributed by atoms with van der Waals surface area (Å²) in [5.74, 6) is 0.125. The molecule has 0 bridgehead atoms. The average molecular weight is 239 g/mol.